The van der Waals surface area contributed by atoms with E-state index in [1.54, 1.807) is 32.7 Å². The number of aliphatic carboxylic acids is 2. The van der Waals surface area contributed by atoms with Crippen LogP contribution in [0.2, 0.25) is 0 Å². The summed E-state index contributed by atoms with van der Waals surface area (Å²) in [6, 6.07) is -1.02. The third-order valence-corrected chi connectivity index (χ3v) is 22.7. The number of amides is 2. The molecule has 5 heterocycles. The number of carboxylic acid groups (broad SMARTS) is 2. The van der Waals surface area contributed by atoms with Crippen LogP contribution in [0.3, 0.4) is 0 Å². The highest BCUT2D eigenvalue weighted by molar-refractivity contribution is 9.09. The van der Waals surface area contributed by atoms with Crippen LogP contribution in [0.15, 0.2) is 52.3 Å². The molecule has 0 aromatic heterocycles. The molecule has 17 atom stereocenters. The molecule has 0 radical (unpaired) electrons. The zero-order chi connectivity index (χ0) is 60.3. The Hall–Kier alpha value is -3.41. The van der Waals surface area contributed by atoms with Crippen LogP contribution >= 0.6 is 27.7 Å². The molecule has 2 saturated carbocycles. The molecule has 7 aliphatic rings. The summed E-state index contributed by atoms with van der Waals surface area (Å²) in [6.45, 7) is 16.8. The van der Waals surface area contributed by atoms with Gasteiger partial charge in [-0.2, -0.15) is 0 Å². The number of allylic oxidation sites excluding steroid dienone is 5. The first kappa shape index (κ1) is 67.1. The fourth-order valence-electron chi connectivity index (χ4n) is 15.6. The number of halogens is 1. The number of methoxy groups -OCH3 is 2. The number of piperidine rings is 1. The van der Waals surface area contributed by atoms with E-state index in [2.05, 4.69) is 59.6 Å². The summed E-state index contributed by atoms with van der Waals surface area (Å²) < 4.78 is 18.2. The fraction of sp³-hybridized carbons (Fsp3) is 0.773. The Balaban J connectivity index is 0.974. The predicted octanol–water partition coefficient (Wildman–Crippen LogP) is 11.6. The van der Waals surface area contributed by atoms with Crippen molar-refractivity contribution < 1.29 is 58.3 Å². The summed E-state index contributed by atoms with van der Waals surface area (Å²) in [6.07, 6.45) is 25.2. The number of ketones is 2. The second-order valence-electron chi connectivity index (χ2n) is 26.7. The largest absolute Gasteiger partial charge is 0.480 e. The second kappa shape index (κ2) is 30.5. The van der Waals surface area contributed by atoms with Gasteiger partial charge in [0.05, 0.1) is 36.4 Å². The molecule has 17 heteroatoms. The normalized spacial score (nSPS) is 34.2. The van der Waals surface area contributed by atoms with Crippen molar-refractivity contribution in [3.05, 3.63) is 52.3 Å². The van der Waals surface area contributed by atoms with E-state index in [-0.39, 0.29) is 70.4 Å². The molecule has 83 heavy (non-hydrogen) atoms. The number of carbonyl (C=O) groups excluding carboxylic acids is 4. The van der Waals surface area contributed by atoms with Gasteiger partial charge in [-0.15, -0.1) is 17.5 Å². The van der Waals surface area contributed by atoms with Crippen LogP contribution in [0.4, 0.5) is 0 Å². The van der Waals surface area contributed by atoms with Gasteiger partial charge in [0.2, 0.25) is 5.91 Å². The van der Waals surface area contributed by atoms with Crippen molar-refractivity contribution in [3.8, 4) is 0 Å². The van der Waals surface area contributed by atoms with E-state index in [4.69, 9.17) is 14.2 Å². The number of unbranched alkanes of at least 4 members (excludes halogenated alkanes) is 2. The molecule has 7 rings (SSSR count). The number of carboxylic acids is 2. The Morgan fingerprint density at radius 3 is 2.43 bits per heavy atom. The van der Waals surface area contributed by atoms with Crippen molar-refractivity contribution in [2.45, 2.75) is 243 Å². The number of alkyl halides is 1. The van der Waals surface area contributed by atoms with Gasteiger partial charge < -0.3 is 44.6 Å². The fourth-order valence-corrected chi connectivity index (χ4v) is 17.6. The molecule has 0 spiro atoms. The number of ether oxygens (including phenoxy) is 3. The van der Waals surface area contributed by atoms with Gasteiger partial charge in [0.25, 0.3) is 11.7 Å². The quantitative estimate of drug-likeness (QED) is 0.0100. The molecule has 4 N–H and O–H groups in total. The number of carbonyl (C=O) groups is 6. The number of aliphatic hydroxyl groups excluding tert-OH is 1. The molecule has 4 saturated heterocycles. The third kappa shape index (κ3) is 16.6. The number of β-lactam (4-membered cyclic amide) rings is 1. The molecular formula is C66H100BrN3O12S. The zero-order valence-corrected chi connectivity index (χ0v) is 53.6. The molecule has 0 aromatic rings. The Bertz CT molecular complexity index is 2460. The number of Topliss-reactive ketones (excluding diaryl/α,β-unsaturated/α-hetero) is 2. The van der Waals surface area contributed by atoms with E-state index in [0.717, 1.165) is 112 Å². The molecule has 5 aliphatic heterocycles. The lowest BCUT2D eigenvalue weighted by atomic mass is 9.76. The minimum Gasteiger partial charge on any atom is -0.480 e. The second-order valence-corrected chi connectivity index (χ2v) is 28.7. The summed E-state index contributed by atoms with van der Waals surface area (Å²) in [5.74, 6) is -3.58. The molecule has 464 valence electrons. The number of fused-ring (bicyclic) bond motifs is 1. The molecule has 6 fully saturated rings. The van der Waals surface area contributed by atoms with E-state index in [1.165, 1.54) is 28.2 Å². The third-order valence-electron chi connectivity index (χ3n) is 20.3. The lowest BCUT2D eigenvalue weighted by Gasteiger charge is -2.46. The van der Waals surface area contributed by atoms with Crippen LogP contribution in [-0.4, -0.2) is 146 Å². The number of aliphatic hydroxyl groups is 1. The Morgan fingerprint density at radius 2 is 1.75 bits per heavy atom. The number of hydrogen-bond acceptors (Lipinski definition) is 12. The Kier molecular flexibility index (Phi) is 24.6. The van der Waals surface area contributed by atoms with E-state index in [0.29, 0.717) is 68.9 Å². The number of hydrogen-bond donors (Lipinski definition) is 4. The molecule has 15 nitrogen and oxygen atoms in total. The van der Waals surface area contributed by atoms with Crippen molar-refractivity contribution in [1.29, 1.82) is 0 Å². The summed E-state index contributed by atoms with van der Waals surface area (Å²) in [5, 5.41) is 35.2. The van der Waals surface area contributed by atoms with Gasteiger partial charge in [-0.1, -0.05) is 80.3 Å². The van der Waals surface area contributed by atoms with Gasteiger partial charge in [-0.3, -0.25) is 19.2 Å². The van der Waals surface area contributed by atoms with Crippen LogP contribution < -0.4 is 5.32 Å². The van der Waals surface area contributed by atoms with Crippen molar-refractivity contribution in [2.24, 2.45) is 46.8 Å². The van der Waals surface area contributed by atoms with Crippen LogP contribution in [-0.2, 0) is 43.0 Å². The predicted molar refractivity (Wildman–Crippen MR) is 328 cm³/mol. The maximum absolute atomic E-state index is 14.6. The minimum absolute atomic E-state index is 0.0757. The molecule has 2 aliphatic carbocycles. The lowest BCUT2D eigenvalue weighted by molar-refractivity contribution is -0.206. The van der Waals surface area contributed by atoms with Gasteiger partial charge in [-0.25, -0.2) is 9.59 Å². The Labute approximate surface area is 508 Å². The van der Waals surface area contributed by atoms with Crippen molar-refractivity contribution in [3.63, 3.8) is 0 Å². The lowest BCUT2D eigenvalue weighted by Crippen LogP contribution is -2.63. The number of likely N-dealkylation sites (tertiary alicyclic amines) is 1. The number of nitrogens with zero attached hydrogens (tertiary/aromatic N) is 2. The molecule has 0 bridgehead atoms. The van der Waals surface area contributed by atoms with E-state index < -0.39 is 53.4 Å². The number of thioether (sulfide) groups is 1. The van der Waals surface area contributed by atoms with Crippen LogP contribution in [0.5, 0.6) is 0 Å². The highest BCUT2D eigenvalue weighted by Gasteiger charge is 2.60. The molecule has 2 amide bonds. The van der Waals surface area contributed by atoms with E-state index in [9.17, 15) is 44.1 Å². The SMILES string of the molecule is C=C=CC(/C=C(/CC(CBr)CC1(C)CCC(CC2CC(SC3=C(C(=O)O)N4C(=O)C(C(C)O)C4C3C)CN2)C1)C(=O)CCCCC(C)=CC1CCCC(OC)C1)CCCCC1OC(C)(C(=O)C(=O)N2CCCCC2C(=O)O)C(C)CC1OC. The topological polar surface area (TPSA) is 209 Å². The molecule has 0 aromatic carbocycles. The van der Waals surface area contributed by atoms with E-state index in [1.807, 2.05) is 27.0 Å². The number of rotatable bonds is 30. The molecule has 17 unspecified atom stereocenters. The standard InChI is InChI=1S/C66H100BrN3O12S/c1-10-18-44(20-12-14-25-54-55(81-9)30-41(3)66(7,82-54)60(73)62(75)69-28-16-15-23-52(69)63(76)77)31-48(53(72)24-13-11-19-40(2)29-45-21-17-22-50(34-45)80-8)32-47(38-67)37-65(6)27-26-46(36-65)33-49-35-51(39-68-49)83-59-42(4)57-56(43(5)71)61(74)70(57)58(59)64(78)79/h18,29,31,41-47,49-52,54-57,68,71H,1,11-17,19-28,30,32-39H2,2-9H3,(H,76,77)(H,78,79)/b40-29?,48-31-. The summed E-state index contributed by atoms with van der Waals surface area (Å²) >= 11 is 5.53. The van der Waals surface area contributed by atoms with Crippen LogP contribution in [0.1, 0.15) is 189 Å². The summed E-state index contributed by atoms with van der Waals surface area (Å²) in [5.41, 5.74) is 4.07. The van der Waals surface area contributed by atoms with Crippen molar-refractivity contribution in [2.75, 3.05) is 32.6 Å². The van der Waals surface area contributed by atoms with Gasteiger partial charge in [-0.05, 0) is 184 Å². The maximum Gasteiger partial charge on any atom is 0.353 e. The maximum atomic E-state index is 14.6. The Morgan fingerprint density at radius 1 is 0.988 bits per heavy atom. The van der Waals surface area contributed by atoms with Gasteiger partial charge in [0.15, 0.2) is 5.78 Å². The van der Waals surface area contributed by atoms with Gasteiger partial charge >= 0.3 is 11.9 Å². The smallest absolute Gasteiger partial charge is 0.353 e. The molecular weight excluding hydrogens is 1140 g/mol. The monoisotopic (exact) mass is 1240 g/mol. The minimum atomic E-state index is -1.43. The van der Waals surface area contributed by atoms with Gasteiger partial charge in [0, 0.05) is 67.1 Å². The van der Waals surface area contributed by atoms with Crippen LogP contribution in [0, 0.1) is 46.8 Å². The average molecular weight is 1240 g/mol. The van der Waals surface area contributed by atoms with Crippen molar-refractivity contribution >= 4 is 63.0 Å². The number of nitrogens with one attached hydrogen (secondary N) is 1. The first-order chi connectivity index (χ1) is 39.5. The first-order valence-corrected chi connectivity index (χ1v) is 33.6. The first-order valence-electron chi connectivity index (χ1n) is 31.6. The zero-order valence-electron chi connectivity index (χ0n) is 51.2. The highest BCUT2D eigenvalue weighted by Crippen LogP contribution is 2.53. The average Bonchev–Trinajstić information content (AvgIpc) is 4.35. The van der Waals surface area contributed by atoms with Crippen LogP contribution in [0.25, 0.3) is 0 Å². The summed E-state index contributed by atoms with van der Waals surface area (Å²) in [7, 11) is 3.46. The van der Waals surface area contributed by atoms with Crippen molar-refractivity contribution in [1.82, 2.24) is 15.1 Å². The van der Waals surface area contributed by atoms with Gasteiger partial charge in [0.1, 0.15) is 17.3 Å². The highest BCUT2D eigenvalue weighted by atomic mass is 79.9. The van der Waals surface area contributed by atoms with E-state index >= 15 is 0 Å². The summed E-state index contributed by atoms with van der Waals surface area (Å²) in [4.78, 5) is 83.4.